The second-order valence-electron chi connectivity index (χ2n) is 8.24. The Morgan fingerprint density at radius 1 is 1.06 bits per heavy atom. The number of Topliss-reactive ketones (excluding diaryl/α,β-unsaturated/α-hetero) is 1. The molecule has 1 amide bonds. The van der Waals surface area contributed by atoms with Gasteiger partial charge in [-0.2, -0.15) is 0 Å². The van der Waals surface area contributed by atoms with E-state index in [1.54, 1.807) is 6.07 Å². The monoisotopic (exact) mass is 437 g/mol. The highest BCUT2D eigenvalue weighted by atomic mass is 16.2. The number of hydrogen-bond donors (Lipinski definition) is 3. The SMILES string of the molecule is CC(C)=O.CCCC(CCC)C(=O)Nc1ccc2[nH]c(=O)cc(NC3=CCCC=C3)c2c1. The maximum atomic E-state index is 12.7. The third kappa shape index (κ3) is 7.84. The van der Waals surface area contributed by atoms with Crippen LogP contribution in [-0.4, -0.2) is 16.7 Å². The van der Waals surface area contributed by atoms with Gasteiger partial charge >= 0.3 is 0 Å². The van der Waals surface area contributed by atoms with E-state index in [9.17, 15) is 14.4 Å². The zero-order chi connectivity index (χ0) is 23.5. The van der Waals surface area contributed by atoms with E-state index in [0.29, 0.717) is 0 Å². The van der Waals surface area contributed by atoms with Gasteiger partial charge in [0.25, 0.3) is 0 Å². The number of amides is 1. The molecule has 1 aromatic carbocycles. The normalized spacial score (nSPS) is 12.7. The molecule has 0 bridgehead atoms. The molecule has 3 rings (SSSR count). The van der Waals surface area contributed by atoms with Crippen molar-refractivity contribution in [2.45, 2.75) is 66.2 Å². The van der Waals surface area contributed by atoms with Crippen LogP contribution < -0.4 is 16.2 Å². The van der Waals surface area contributed by atoms with Gasteiger partial charge in [0.15, 0.2) is 0 Å². The quantitative estimate of drug-likeness (QED) is 0.478. The van der Waals surface area contributed by atoms with Crippen molar-refractivity contribution in [3.63, 3.8) is 0 Å². The lowest BCUT2D eigenvalue weighted by molar-refractivity contribution is -0.120. The Morgan fingerprint density at radius 2 is 1.75 bits per heavy atom. The molecule has 2 aromatic rings. The molecule has 0 fully saturated rings. The number of ketones is 1. The number of anilines is 2. The number of rotatable bonds is 8. The summed E-state index contributed by atoms with van der Waals surface area (Å²) in [5.41, 5.74) is 3.06. The Hall–Kier alpha value is -3.15. The summed E-state index contributed by atoms with van der Waals surface area (Å²) in [6.07, 6.45) is 12.1. The second-order valence-corrected chi connectivity index (χ2v) is 8.24. The number of aromatic amines is 1. The Morgan fingerprint density at radius 3 is 2.34 bits per heavy atom. The van der Waals surface area contributed by atoms with Crippen LogP contribution in [0.25, 0.3) is 10.9 Å². The Labute approximate surface area is 190 Å². The molecule has 0 radical (unpaired) electrons. The van der Waals surface area contributed by atoms with Crippen LogP contribution >= 0.6 is 0 Å². The van der Waals surface area contributed by atoms with Gasteiger partial charge in [-0.05, 0) is 63.8 Å². The van der Waals surface area contributed by atoms with Crippen molar-refractivity contribution in [2.75, 3.05) is 10.6 Å². The zero-order valence-corrected chi connectivity index (χ0v) is 19.6. The smallest absolute Gasteiger partial charge is 0.250 e. The highest BCUT2D eigenvalue weighted by molar-refractivity contribution is 5.98. The van der Waals surface area contributed by atoms with E-state index in [1.165, 1.54) is 13.8 Å². The number of benzene rings is 1. The van der Waals surface area contributed by atoms with Crippen molar-refractivity contribution < 1.29 is 9.59 Å². The van der Waals surface area contributed by atoms with E-state index < -0.39 is 0 Å². The number of carbonyl (C=O) groups is 2. The number of fused-ring (bicyclic) bond motifs is 1. The molecule has 1 heterocycles. The predicted molar refractivity (Wildman–Crippen MR) is 133 cm³/mol. The molecule has 0 atom stereocenters. The molecule has 0 saturated carbocycles. The lowest BCUT2D eigenvalue weighted by Crippen LogP contribution is -2.22. The molecule has 32 heavy (non-hydrogen) atoms. The lowest BCUT2D eigenvalue weighted by Gasteiger charge is -2.16. The fraction of sp³-hybridized carbons (Fsp3) is 0.423. The summed E-state index contributed by atoms with van der Waals surface area (Å²) < 4.78 is 0. The lowest BCUT2D eigenvalue weighted by atomic mass is 9.97. The number of aromatic nitrogens is 1. The number of carbonyl (C=O) groups excluding carboxylic acids is 2. The fourth-order valence-electron chi connectivity index (χ4n) is 3.64. The molecule has 0 spiro atoms. The van der Waals surface area contributed by atoms with Gasteiger partial charge in [-0.25, -0.2) is 0 Å². The summed E-state index contributed by atoms with van der Waals surface area (Å²) in [7, 11) is 0. The van der Waals surface area contributed by atoms with Gasteiger partial charge < -0.3 is 20.4 Å². The van der Waals surface area contributed by atoms with Crippen molar-refractivity contribution in [3.05, 3.63) is 58.5 Å². The van der Waals surface area contributed by atoms with Crippen LogP contribution in [0.5, 0.6) is 0 Å². The maximum Gasteiger partial charge on any atom is 0.250 e. The van der Waals surface area contributed by atoms with Crippen LogP contribution in [0.1, 0.15) is 66.2 Å². The van der Waals surface area contributed by atoms with Gasteiger partial charge in [-0.1, -0.05) is 38.8 Å². The van der Waals surface area contributed by atoms with E-state index in [4.69, 9.17) is 0 Å². The minimum Gasteiger partial charge on any atom is -0.355 e. The van der Waals surface area contributed by atoms with Crippen LogP contribution in [0.3, 0.4) is 0 Å². The zero-order valence-electron chi connectivity index (χ0n) is 19.6. The fourth-order valence-corrected chi connectivity index (χ4v) is 3.64. The highest BCUT2D eigenvalue weighted by Gasteiger charge is 2.17. The number of H-pyrrole nitrogens is 1. The Kier molecular flexibility index (Phi) is 9.92. The van der Waals surface area contributed by atoms with Gasteiger partial charge in [0, 0.05) is 28.8 Å². The van der Waals surface area contributed by atoms with Crippen LogP contribution in [0, 0.1) is 5.92 Å². The first-order chi connectivity index (χ1) is 15.3. The molecule has 1 aliphatic rings. The average molecular weight is 438 g/mol. The molecular weight excluding hydrogens is 402 g/mol. The van der Waals surface area contributed by atoms with Crippen LogP contribution in [-0.2, 0) is 9.59 Å². The molecule has 0 saturated heterocycles. The van der Waals surface area contributed by atoms with E-state index in [-0.39, 0.29) is 23.2 Å². The minimum absolute atomic E-state index is 0.0383. The van der Waals surface area contributed by atoms with Gasteiger partial charge in [-0.3, -0.25) is 9.59 Å². The molecular formula is C26H35N3O3. The summed E-state index contributed by atoms with van der Waals surface area (Å²) in [5, 5.41) is 7.29. The van der Waals surface area contributed by atoms with Crippen molar-refractivity contribution in [1.29, 1.82) is 0 Å². The molecule has 0 aliphatic heterocycles. The summed E-state index contributed by atoms with van der Waals surface area (Å²) in [5.74, 6) is 0.274. The van der Waals surface area contributed by atoms with Crippen LogP contribution in [0.15, 0.2) is 53.0 Å². The van der Waals surface area contributed by atoms with Crippen molar-refractivity contribution in [2.24, 2.45) is 5.92 Å². The van der Waals surface area contributed by atoms with Crippen molar-refractivity contribution in [1.82, 2.24) is 4.98 Å². The third-order valence-electron chi connectivity index (χ3n) is 5.03. The Bertz CT molecular complexity index is 1040. The topological polar surface area (TPSA) is 91.1 Å². The van der Waals surface area contributed by atoms with Gasteiger partial charge in [0.1, 0.15) is 5.78 Å². The third-order valence-corrected chi connectivity index (χ3v) is 5.03. The highest BCUT2D eigenvalue weighted by Crippen LogP contribution is 2.26. The van der Waals surface area contributed by atoms with Gasteiger partial charge in [-0.15, -0.1) is 0 Å². The van der Waals surface area contributed by atoms with Crippen molar-refractivity contribution >= 4 is 34.0 Å². The molecule has 172 valence electrons. The number of nitrogens with one attached hydrogen (secondary N) is 3. The Balaban J connectivity index is 0.000000837. The molecule has 6 nitrogen and oxygen atoms in total. The van der Waals surface area contributed by atoms with E-state index in [0.717, 1.165) is 66.5 Å². The van der Waals surface area contributed by atoms with Gasteiger partial charge in [0.05, 0.1) is 11.2 Å². The average Bonchev–Trinajstić information content (AvgIpc) is 2.74. The predicted octanol–water partition coefficient (Wildman–Crippen LogP) is 5.92. The first-order valence-corrected chi connectivity index (χ1v) is 11.4. The largest absolute Gasteiger partial charge is 0.355 e. The summed E-state index contributed by atoms with van der Waals surface area (Å²) >= 11 is 0. The minimum atomic E-state index is -0.155. The maximum absolute atomic E-state index is 12.7. The van der Waals surface area contributed by atoms with E-state index in [1.807, 2.05) is 24.3 Å². The van der Waals surface area contributed by atoms with E-state index >= 15 is 0 Å². The molecule has 1 aliphatic carbocycles. The number of pyridine rings is 1. The summed E-state index contributed by atoms with van der Waals surface area (Å²) in [4.78, 5) is 37.0. The van der Waals surface area contributed by atoms with Crippen LogP contribution in [0.4, 0.5) is 11.4 Å². The molecule has 0 unspecified atom stereocenters. The standard InChI is InChI=1S/C23H29N3O2.C3H6O/c1-3-8-16(9-4-2)23(28)25-18-12-13-20-19(14-18)21(15-22(27)26-20)24-17-10-6-5-7-11-17;1-3(2)4/h6,10-16H,3-5,7-9H2,1-2H3,(H,25,28)(H2,24,26,27);1-2H3. The van der Waals surface area contributed by atoms with E-state index in [2.05, 4.69) is 41.6 Å². The second kappa shape index (κ2) is 12.6. The summed E-state index contributed by atoms with van der Waals surface area (Å²) in [6.45, 7) is 7.27. The molecule has 3 N–H and O–H groups in total. The first-order valence-electron chi connectivity index (χ1n) is 11.4. The number of allylic oxidation sites excluding steroid dienone is 3. The van der Waals surface area contributed by atoms with Gasteiger partial charge in [0.2, 0.25) is 11.5 Å². The van der Waals surface area contributed by atoms with Crippen LogP contribution in [0.2, 0.25) is 0 Å². The number of hydrogen-bond acceptors (Lipinski definition) is 4. The van der Waals surface area contributed by atoms with Crippen molar-refractivity contribution in [3.8, 4) is 0 Å². The molecule has 6 heteroatoms. The summed E-state index contributed by atoms with van der Waals surface area (Å²) in [6, 6.07) is 7.17. The first kappa shape index (κ1) is 25.1. The molecule has 1 aromatic heterocycles.